The van der Waals surface area contributed by atoms with Crippen LogP contribution in [0.4, 0.5) is 4.79 Å². The molecule has 3 atom stereocenters. The highest BCUT2D eigenvalue weighted by atomic mass is 79.9. The van der Waals surface area contributed by atoms with Crippen molar-refractivity contribution >= 4 is 22.0 Å². The van der Waals surface area contributed by atoms with Crippen LogP contribution in [-0.2, 0) is 5.41 Å². The minimum absolute atomic E-state index is 0.0510. The molecule has 6 heteroatoms. The van der Waals surface area contributed by atoms with Crippen LogP contribution in [0.1, 0.15) is 31.2 Å². The van der Waals surface area contributed by atoms with Gasteiger partial charge in [0.2, 0.25) is 0 Å². The summed E-state index contributed by atoms with van der Waals surface area (Å²) in [5.74, 6) is 0. The van der Waals surface area contributed by atoms with E-state index in [1.807, 2.05) is 6.07 Å². The Kier molecular flexibility index (Phi) is 3.17. The molecular formula is C14H14BrN3O2. The normalized spacial score (nSPS) is 31.9. The number of nitrogens with zero attached hydrogens (tertiary/aromatic N) is 3. The summed E-state index contributed by atoms with van der Waals surface area (Å²) in [6.45, 7) is 0. The van der Waals surface area contributed by atoms with Gasteiger partial charge in [0.05, 0.1) is 11.5 Å². The smallest absolute Gasteiger partial charge is 0.407 e. The van der Waals surface area contributed by atoms with E-state index >= 15 is 0 Å². The average Bonchev–Trinajstić information content (AvgIpc) is 2.71. The highest BCUT2D eigenvalue weighted by Crippen LogP contribution is 2.47. The largest absolute Gasteiger partial charge is 0.465 e. The van der Waals surface area contributed by atoms with Crippen LogP contribution >= 0.6 is 15.9 Å². The highest BCUT2D eigenvalue weighted by molar-refractivity contribution is 9.10. The molecule has 20 heavy (non-hydrogen) atoms. The van der Waals surface area contributed by atoms with Crippen molar-refractivity contribution in [3.05, 3.63) is 28.5 Å². The molecule has 5 nitrogen and oxygen atoms in total. The van der Waals surface area contributed by atoms with E-state index in [1.165, 1.54) is 0 Å². The van der Waals surface area contributed by atoms with Crippen LogP contribution in [-0.4, -0.2) is 33.2 Å². The molecule has 3 rings (SSSR count). The number of hydrogen-bond donors (Lipinski definition) is 1. The molecule has 1 aromatic heterocycles. The minimum Gasteiger partial charge on any atom is -0.465 e. The molecule has 104 valence electrons. The third-order valence-corrected chi connectivity index (χ3v) is 4.91. The predicted octanol–water partition coefficient (Wildman–Crippen LogP) is 2.91. The fraction of sp³-hybridized carbons (Fsp3) is 0.500. The second-order valence-electron chi connectivity index (χ2n) is 5.57. The van der Waals surface area contributed by atoms with Gasteiger partial charge in [-0.25, -0.2) is 4.79 Å². The number of amides is 1. The van der Waals surface area contributed by atoms with E-state index in [4.69, 9.17) is 0 Å². The zero-order valence-electron chi connectivity index (χ0n) is 10.8. The zero-order valence-corrected chi connectivity index (χ0v) is 12.4. The maximum atomic E-state index is 11.3. The molecule has 2 saturated heterocycles. The van der Waals surface area contributed by atoms with Crippen molar-refractivity contribution < 1.29 is 9.90 Å². The van der Waals surface area contributed by atoms with Crippen LogP contribution in [0.2, 0.25) is 0 Å². The molecule has 0 saturated carbocycles. The number of carbonyl (C=O) groups is 1. The first kappa shape index (κ1) is 13.4. The Morgan fingerprint density at radius 1 is 1.45 bits per heavy atom. The molecule has 1 aromatic rings. The fourth-order valence-corrected chi connectivity index (χ4v) is 3.99. The van der Waals surface area contributed by atoms with Crippen LogP contribution in [0.25, 0.3) is 0 Å². The number of carboxylic acid groups (broad SMARTS) is 1. The fourth-order valence-electron chi connectivity index (χ4n) is 3.63. The standard InChI is InChI=1S/C14H14BrN3O2/c15-10-3-9(6-17-7-10)14(8-16)4-11-1-2-12(5-14)18(11)13(19)20/h3,6-7,11-12H,1-2,4-5H2,(H,19,20)/t11-,12+,14?. The predicted molar refractivity (Wildman–Crippen MR) is 75.1 cm³/mol. The van der Waals surface area contributed by atoms with Crippen LogP contribution < -0.4 is 0 Å². The summed E-state index contributed by atoms with van der Waals surface area (Å²) in [5, 5.41) is 19.0. The van der Waals surface area contributed by atoms with E-state index in [0.29, 0.717) is 12.8 Å². The molecule has 0 aliphatic carbocycles. The van der Waals surface area contributed by atoms with Gasteiger partial charge in [-0.1, -0.05) is 0 Å². The van der Waals surface area contributed by atoms with Gasteiger partial charge in [-0.2, -0.15) is 5.26 Å². The number of nitriles is 1. The van der Waals surface area contributed by atoms with Crippen LogP contribution in [0.5, 0.6) is 0 Å². The summed E-state index contributed by atoms with van der Waals surface area (Å²) in [6.07, 6.45) is 5.37. The second kappa shape index (κ2) is 4.74. The summed E-state index contributed by atoms with van der Waals surface area (Å²) >= 11 is 3.39. The Morgan fingerprint density at radius 2 is 2.10 bits per heavy atom. The number of pyridine rings is 1. The number of hydrogen-bond acceptors (Lipinski definition) is 3. The number of aromatic nitrogens is 1. The number of fused-ring (bicyclic) bond motifs is 2. The van der Waals surface area contributed by atoms with Crippen LogP contribution in [0, 0.1) is 11.3 Å². The van der Waals surface area contributed by atoms with Crippen molar-refractivity contribution in [2.75, 3.05) is 0 Å². The summed E-state index contributed by atoms with van der Waals surface area (Å²) in [6, 6.07) is 4.26. The van der Waals surface area contributed by atoms with Crippen LogP contribution in [0.3, 0.4) is 0 Å². The summed E-state index contributed by atoms with van der Waals surface area (Å²) < 4.78 is 0.845. The van der Waals surface area contributed by atoms with E-state index < -0.39 is 11.5 Å². The molecule has 3 heterocycles. The topological polar surface area (TPSA) is 77.2 Å². The van der Waals surface area contributed by atoms with Crippen molar-refractivity contribution in [2.24, 2.45) is 0 Å². The maximum absolute atomic E-state index is 11.3. The SMILES string of the molecule is N#CC1(c2cncc(Br)c2)C[C@H]2CC[C@@H](C1)N2C(=O)O. The molecule has 2 aliphatic heterocycles. The molecule has 2 fully saturated rings. The molecule has 1 amide bonds. The summed E-state index contributed by atoms with van der Waals surface area (Å²) in [5.41, 5.74) is 0.269. The van der Waals surface area contributed by atoms with E-state index in [0.717, 1.165) is 22.9 Å². The summed E-state index contributed by atoms with van der Waals surface area (Å²) in [7, 11) is 0. The molecular weight excluding hydrogens is 322 g/mol. The van der Waals surface area contributed by atoms with Crippen LogP contribution in [0.15, 0.2) is 22.9 Å². The van der Waals surface area contributed by atoms with Crippen molar-refractivity contribution in [3.63, 3.8) is 0 Å². The Labute approximate surface area is 125 Å². The Balaban J connectivity index is 1.98. The van der Waals surface area contributed by atoms with Crippen molar-refractivity contribution in [1.29, 1.82) is 5.26 Å². The van der Waals surface area contributed by atoms with E-state index in [-0.39, 0.29) is 12.1 Å². The van der Waals surface area contributed by atoms with Gasteiger partial charge < -0.3 is 10.0 Å². The Hall–Kier alpha value is -1.61. The molecule has 0 aromatic carbocycles. The van der Waals surface area contributed by atoms with Crippen molar-refractivity contribution in [1.82, 2.24) is 9.88 Å². The van der Waals surface area contributed by atoms with Crippen molar-refractivity contribution in [3.8, 4) is 6.07 Å². The number of rotatable bonds is 1. The first-order valence-corrected chi connectivity index (χ1v) is 7.38. The lowest BCUT2D eigenvalue weighted by atomic mass is 9.71. The summed E-state index contributed by atoms with van der Waals surface area (Å²) in [4.78, 5) is 17.0. The average molecular weight is 336 g/mol. The first-order valence-electron chi connectivity index (χ1n) is 6.59. The first-order chi connectivity index (χ1) is 9.55. The lowest BCUT2D eigenvalue weighted by Crippen LogP contribution is -2.51. The third kappa shape index (κ3) is 1.97. The van der Waals surface area contributed by atoms with Gasteiger partial charge in [-0.05, 0) is 53.2 Å². The monoisotopic (exact) mass is 335 g/mol. The van der Waals surface area contributed by atoms with E-state index in [9.17, 15) is 15.2 Å². The van der Waals surface area contributed by atoms with Gasteiger partial charge >= 0.3 is 6.09 Å². The minimum atomic E-state index is -0.864. The second-order valence-corrected chi connectivity index (χ2v) is 6.48. The Morgan fingerprint density at radius 3 is 2.60 bits per heavy atom. The van der Waals surface area contributed by atoms with Gasteiger partial charge in [0, 0.05) is 29.0 Å². The lowest BCUT2D eigenvalue weighted by molar-refractivity contribution is 0.0856. The number of piperidine rings is 1. The number of halogens is 1. The quantitative estimate of drug-likeness (QED) is 0.855. The maximum Gasteiger partial charge on any atom is 0.407 e. The van der Waals surface area contributed by atoms with E-state index in [2.05, 4.69) is 27.0 Å². The lowest BCUT2D eigenvalue weighted by Gasteiger charge is -2.41. The molecule has 1 unspecified atom stereocenters. The van der Waals surface area contributed by atoms with Gasteiger partial charge in [-0.3, -0.25) is 4.98 Å². The van der Waals surface area contributed by atoms with Gasteiger partial charge in [0.15, 0.2) is 0 Å². The van der Waals surface area contributed by atoms with Crippen molar-refractivity contribution in [2.45, 2.75) is 43.2 Å². The molecule has 0 radical (unpaired) electrons. The van der Waals surface area contributed by atoms with Gasteiger partial charge in [0.25, 0.3) is 0 Å². The highest BCUT2D eigenvalue weighted by Gasteiger charge is 2.51. The third-order valence-electron chi connectivity index (χ3n) is 4.48. The molecule has 2 bridgehead atoms. The van der Waals surface area contributed by atoms with Gasteiger partial charge in [0.1, 0.15) is 0 Å². The van der Waals surface area contributed by atoms with E-state index in [1.54, 1.807) is 17.3 Å². The Bertz CT molecular complexity index is 584. The molecule has 0 spiro atoms. The van der Waals surface area contributed by atoms with Gasteiger partial charge in [-0.15, -0.1) is 0 Å². The zero-order chi connectivity index (χ0) is 14.3. The molecule has 1 N–H and O–H groups in total. The molecule has 2 aliphatic rings.